The molecule has 0 saturated heterocycles. The standard InChI is InChI=1S/C39H73NO4/c1-4-6-8-10-12-14-16-18-20-22-24-26-28-30-32-34-37(41)43-36(3)39(40)44-38(42)35-33-31-29-27-25-23-21-19-17-15-13-11-9-7-5-2/h18-21,36,39H,4-17,22-35,40H2,1-3H3/b20-18-,21-19-. The van der Waals surface area contributed by atoms with Gasteiger partial charge in [0.1, 0.15) is 6.10 Å². The molecule has 2 N–H and O–H groups in total. The molecule has 0 aromatic rings. The maximum atomic E-state index is 12.2. The Morgan fingerprint density at radius 3 is 1.14 bits per heavy atom. The van der Waals surface area contributed by atoms with Crippen molar-refractivity contribution in [1.82, 2.24) is 0 Å². The van der Waals surface area contributed by atoms with Gasteiger partial charge in [-0.2, -0.15) is 0 Å². The molecular formula is C39H73NO4. The molecule has 5 nitrogen and oxygen atoms in total. The number of nitrogens with two attached hydrogens (primary N) is 1. The Bertz CT molecular complexity index is 632. The number of carbonyl (C=O) groups is 2. The fraction of sp³-hybridized carbons (Fsp3) is 0.846. The predicted octanol–water partition coefficient (Wildman–Crippen LogP) is 11.8. The van der Waals surface area contributed by atoms with E-state index in [1.165, 1.54) is 116 Å². The lowest BCUT2D eigenvalue weighted by molar-refractivity contribution is -0.166. The van der Waals surface area contributed by atoms with Gasteiger partial charge < -0.3 is 9.47 Å². The summed E-state index contributed by atoms with van der Waals surface area (Å²) in [5, 5.41) is 0. The van der Waals surface area contributed by atoms with Gasteiger partial charge in [-0.05, 0) is 71.1 Å². The minimum Gasteiger partial charge on any atom is -0.457 e. The number of allylic oxidation sites excluding steroid dienone is 4. The van der Waals surface area contributed by atoms with E-state index >= 15 is 0 Å². The second kappa shape index (κ2) is 34.3. The fourth-order valence-corrected chi connectivity index (χ4v) is 5.32. The van der Waals surface area contributed by atoms with Crippen LogP contribution in [0, 0.1) is 0 Å². The van der Waals surface area contributed by atoms with Crippen LogP contribution in [0.25, 0.3) is 0 Å². The summed E-state index contributed by atoms with van der Waals surface area (Å²) in [6.45, 7) is 6.21. The molecule has 0 heterocycles. The van der Waals surface area contributed by atoms with E-state index in [1.54, 1.807) is 6.92 Å². The van der Waals surface area contributed by atoms with E-state index in [0.717, 1.165) is 51.4 Å². The molecule has 258 valence electrons. The van der Waals surface area contributed by atoms with Crippen molar-refractivity contribution in [3.05, 3.63) is 24.3 Å². The lowest BCUT2D eigenvalue weighted by Crippen LogP contribution is -2.40. The van der Waals surface area contributed by atoms with Gasteiger partial charge in [-0.25, -0.2) is 0 Å². The minimum atomic E-state index is -0.913. The highest BCUT2D eigenvalue weighted by atomic mass is 16.6. The smallest absolute Gasteiger partial charge is 0.307 e. The van der Waals surface area contributed by atoms with Crippen molar-refractivity contribution in [2.75, 3.05) is 0 Å². The molecule has 0 bridgehead atoms. The summed E-state index contributed by atoms with van der Waals surface area (Å²) in [6, 6.07) is 0. The SMILES string of the molecule is CCCCCCCC/C=C\CCCCCCCC(=O)OC(C)C(N)OC(=O)CCCCCCC/C=C\CCCCCCCC. The lowest BCUT2D eigenvalue weighted by atomic mass is 10.1. The average Bonchev–Trinajstić information content (AvgIpc) is 3.00. The van der Waals surface area contributed by atoms with Crippen molar-refractivity contribution < 1.29 is 19.1 Å². The van der Waals surface area contributed by atoms with Crippen LogP contribution in [-0.2, 0) is 19.1 Å². The minimum absolute atomic E-state index is 0.265. The molecule has 0 aromatic carbocycles. The van der Waals surface area contributed by atoms with E-state index in [9.17, 15) is 9.59 Å². The van der Waals surface area contributed by atoms with Gasteiger partial charge >= 0.3 is 11.9 Å². The first kappa shape index (κ1) is 42.4. The van der Waals surface area contributed by atoms with E-state index in [1.807, 2.05) is 0 Å². The highest BCUT2D eigenvalue weighted by Crippen LogP contribution is 2.13. The van der Waals surface area contributed by atoms with Gasteiger partial charge in [0.2, 0.25) is 0 Å². The van der Waals surface area contributed by atoms with Crippen molar-refractivity contribution in [2.45, 2.75) is 213 Å². The van der Waals surface area contributed by atoms with Crippen LogP contribution in [0.3, 0.4) is 0 Å². The Balaban J connectivity index is 3.59. The number of esters is 2. The average molecular weight is 620 g/mol. The van der Waals surface area contributed by atoms with E-state index in [0.29, 0.717) is 12.8 Å². The van der Waals surface area contributed by atoms with Gasteiger partial charge in [-0.1, -0.05) is 141 Å². The number of hydrogen-bond acceptors (Lipinski definition) is 5. The van der Waals surface area contributed by atoms with Crippen LogP contribution in [0.2, 0.25) is 0 Å². The molecule has 0 aliphatic carbocycles. The van der Waals surface area contributed by atoms with E-state index in [-0.39, 0.29) is 11.9 Å². The summed E-state index contributed by atoms with van der Waals surface area (Å²) in [4.78, 5) is 24.3. The molecule has 0 fully saturated rings. The summed E-state index contributed by atoms with van der Waals surface area (Å²) in [5.74, 6) is -0.575. The Morgan fingerprint density at radius 2 is 0.773 bits per heavy atom. The van der Waals surface area contributed by atoms with Crippen LogP contribution >= 0.6 is 0 Å². The molecular weight excluding hydrogens is 546 g/mol. The second-order valence-corrected chi connectivity index (χ2v) is 12.8. The molecule has 2 atom stereocenters. The van der Waals surface area contributed by atoms with E-state index in [4.69, 9.17) is 15.2 Å². The molecule has 0 aliphatic rings. The molecule has 5 heteroatoms. The highest BCUT2D eigenvalue weighted by molar-refractivity contribution is 5.70. The molecule has 0 amide bonds. The van der Waals surface area contributed by atoms with Gasteiger partial charge in [0.25, 0.3) is 0 Å². The molecule has 0 aromatic heterocycles. The third-order valence-electron chi connectivity index (χ3n) is 8.33. The van der Waals surface area contributed by atoms with Gasteiger partial charge in [0.05, 0.1) is 0 Å². The number of unbranched alkanes of at least 4 members (excludes halogenated alkanes) is 22. The number of ether oxygens (including phenoxy) is 2. The number of hydrogen-bond donors (Lipinski definition) is 1. The largest absolute Gasteiger partial charge is 0.457 e. The third-order valence-corrected chi connectivity index (χ3v) is 8.33. The maximum Gasteiger partial charge on any atom is 0.307 e. The van der Waals surface area contributed by atoms with Crippen LogP contribution in [0.4, 0.5) is 0 Å². The van der Waals surface area contributed by atoms with Crippen LogP contribution in [0.5, 0.6) is 0 Å². The first-order chi connectivity index (χ1) is 21.5. The maximum absolute atomic E-state index is 12.2. The fourth-order valence-electron chi connectivity index (χ4n) is 5.32. The van der Waals surface area contributed by atoms with Crippen molar-refractivity contribution in [2.24, 2.45) is 5.73 Å². The first-order valence-corrected chi connectivity index (χ1v) is 19.0. The van der Waals surface area contributed by atoms with E-state index < -0.39 is 12.3 Å². The topological polar surface area (TPSA) is 78.6 Å². The summed E-state index contributed by atoms with van der Waals surface area (Å²) < 4.78 is 10.7. The second-order valence-electron chi connectivity index (χ2n) is 12.8. The predicted molar refractivity (Wildman–Crippen MR) is 189 cm³/mol. The Kier molecular flexibility index (Phi) is 33.0. The highest BCUT2D eigenvalue weighted by Gasteiger charge is 2.20. The Labute approximate surface area is 273 Å². The van der Waals surface area contributed by atoms with Crippen molar-refractivity contribution >= 4 is 11.9 Å². The molecule has 0 radical (unpaired) electrons. The van der Waals surface area contributed by atoms with Crippen LogP contribution < -0.4 is 5.73 Å². The summed E-state index contributed by atoms with van der Waals surface area (Å²) in [6.07, 6.45) is 40.3. The molecule has 0 aliphatic heterocycles. The zero-order valence-electron chi connectivity index (χ0n) is 29.5. The summed E-state index contributed by atoms with van der Waals surface area (Å²) in [7, 11) is 0. The summed E-state index contributed by atoms with van der Waals surface area (Å²) in [5.41, 5.74) is 5.98. The lowest BCUT2D eigenvalue weighted by Gasteiger charge is -2.20. The van der Waals surface area contributed by atoms with Crippen LogP contribution in [0.1, 0.15) is 201 Å². The zero-order chi connectivity index (χ0) is 32.4. The Hall–Kier alpha value is -1.62. The zero-order valence-corrected chi connectivity index (χ0v) is 29.5. The van der Waals surface area contributed by atoms with Gasteiger partial charge in [-0.15, -0.1) is 0 Å². The molecule has 44 heavy (non-hydrogen) atoms. The van der Waals surface area contributed by atoms with Crippen LogP contribution in [0.15, 0.2) is 24.3 Å². The molecule has 0 rings (SSSR count). The Morgan fingerprint density at radius 1 is 0.477 bits per heavy atom. The number of rotatable bonds is 33. The first-order valence-electron chi connectivity index (χ1n) is 19.0. The monoisotopic (exact) mass is 620 g/mol. The summed E-state index contributed by atoms with van der Waals surface area (Å²) >= 11 is 0. The van der Waals surface area contributed by atoms with Gasteiger partial charge in [0, 0.05) is 12.8 Å². The van der Waals surface area contributed by atoms with Crippen molar-refractivity contribution in [1.29, 1.82) is 0 Å². The van der Waals surface area contributed by atoms with E-state index in [2.05, 4.69) is 38.2 Å². The van der Waals surface area contributed by atoms with Crippen molar-refractivity contribution in [3.8, 4) is 0 Å². The van der Waals surface area contributed by atoms with Crippen molar-refractivity contribution in [3.63, 3.8) is 0 Å². The third kappa shape index (κ3) is 31.8. The molecule has 2 unspecified atom stereocenters. The van der Waals surface area contributed by atoms with Crippen LogP contribution in [-0.4, -0.2) is 24.3 Å². The van der Waals surface area contributed by atoms with Gasteiger partial charge in [-0.3, -0.25) is 15.3 Å². The number of carbonyl (C=O) groups excluding carboxylic acids is 2. The molecule has 0 spiro atoms. The normalized spacial score (nSPS) is 13.1. The molecule has 0 saturated carbocycles. The van der Waals surface area contributed by atoms with Gasteiger partial charge in [0.15, 0.2) is 6.23 Å². The quantitative estimate of drug-likeness (QED) is 0.0342.